The second kappa shape index (κ2) is 7.46. The minimum absolute atomic E-state index is 0.00903. The molecular weight excluding hydrogens is 302 g/mol. The predicted molar refractivity (Wildman–Crippen MR) is 80.8 cm³/mol. The van der Waals surface area contributed by atoms with Crippen LogP contribution in [0.2, 0.25) is 0 Å². The third-order valence-corrected chi connectivity index (χ3v) is 4.77. The summed E-state index contributed by atoms with van der Waals surface area (Å²) >= 11 is 1.64. The molecule has 0 saturated carbocycles. The van der Waals surface area contributed by atoms with Crippen LogP contribution in [-0.2, 0) is 10.0 Å². The molecule has 0 atom stereocenters. The number of rotatable bonds is 8. The first-order valence-electron chi connectivity index (χ1n) is 5.87. The molecule has 0 unspecified atom stereocenters. The zero-order valence-electron chi connectivity index (χ0n) is 11.3. The van der Waals surface area contributed by atoms with Gasteiger partial charge in [0.15, 0.2) is 0 Å². The van der Waals surface area contributed by atoms with E-state index in [4.69, 9.17) is 0 Å². The second-order valence-electron chi connectivity index (χ2n) is 3.93. The van der Waals surface area contributed by atoms with E-state index in [1.807, 2.05) is 6.26 Å². The molecule has 0 aromatic heterocycles. The van der Waals surface area contributed by atoms with E-state index >= 15 is 0 Å². The fraction of sp³-hybridized carbons (Fsp3) is 0.455. The molecule has 1 aromatic rings. The van der Waals surface area contributed by atoms with Gasteiger partial charge in [-0.15, -0.1) is 0 Å². The van der Waals surface area contributed by atoms with Crippen molar-refractivity contribution < 1.29 is 13.3 Å². The van der Waals surface area contributed by atoms with Crippen molar-refractivity contribution in [1.29, 1.82) is 0 Å². The smallest absolute Gasteiger partial charge is 0.271 e. The van der Waals surface area contributed by atoms with Gasteiger partial charge < -0.3 is 5.32 Å². The maximum atomic E-state index is 12.1. The van der Waals surface area contributed by atoms with Gasteiger partial charge in [0.25, 0.3) is 5.69 Å². The highest BCUT2D eigenvalue weighted by atomic mass is 32.2. The Morgan fingerprint density at radius 2 is 2.10 bits per heavy atom. The van der Waals surface area contributed by atoms with Crippen molar-refractivity contribution in [1.82, 2.24) is 4.72 Å². The van der Waals surface area contributed by atoms with E-state index in [-0.39, 0.29) is 16.3 Å². The SMILES string of the molecule is CNc1cc([N+](=O)[O-])ccc1S(=O)(=O)NCCCSC. The van der Waals surface area contributed by atoms with Crippen molar-refractivity contribution in [2.45, 2.75) is 11.3 Å². The molecular formula is C11H17N3O4S2. The van der Waals surface area contributed by atoms with E-state index in [1.165, 1.54) is 25.2 Å². The third-order valence-electron chi connectivity index (χ3n) is 2.55. The van der Waals surface area contributed by atoms with Crippen molar-refractivity contribution in [2.75, 3.05) is 30.9 Å². The van der Waals surface area contributed by atoms with E-state index in [1.54, 1.807) is 11.8 Å². The van der Waals surface area contributed by atoms with Gasteiger partial charge in [-0.05, 0) is 24.5 Å². The predicted octanol–water partition coefficient (Wildman–Crippen LogP) is 1.67. The Balaban J connectivity index is 2.96. The molecule has 20 heavy (non-hydrogen) atoms. The number of nitrogens with zero attached hydrogens (tertiary/aromatic N) is 1. The average Bonchev–Trinajstić information content (AvgIpc) is 2.42. The first-order chi connectivity index (χ1) is 9.42. The Morgan fingerprint density at radius 1 is 1.40 bits per heavy atom. The van der Waals surface area contributed by atoms with E-state index in [9.17, 15) is 18.5 Å². The molecule has 112 valence electrons. The van der Waals surface area contributed by atoms with Gasteiger partial charge in [0, 0.05) is 25.7 Å². The first kappa shape index (κ1) is 16.7. The molecule has 2 N–H and O–H groups in total. The average molecular weight is 319 g/mol. The van der Waals surface area contributed by atoms with E-state index in [0.29, 0.717) is 6.54 Å². The van der Waals surface area contributed by atoms with Crippen LogP contribution in [0.3, 0.4) is 0 Å². The molecule has 0 radical (unpaired) electrons. The number of nitro benzene ring substituents is 1. The van der Waals surface area contributed by atoms with Gasteiger partial charge in [-0.2, -0.15) is 11.8 Å². The number of nitrogens with one attached hydrogen (secondary N) is 2. The second-order valence-corrected chi connectivity index (χ2v) is 6.65. The Hall–Kier alpha value is -1.32. The Morgan fingerprint density at radius 3 is 2.65 bits per heavy atom. The molecule has 0 amide bonds. The van der Waals surface area contributed by atoms with Gasteiger partial charge in [-0.3, -0.25) is 10.1 Å². The number of non-ortho nitro benzene ring substituents is 1. The van der Waals surface area contributed by atoms with Crippen LogP contribution >= 0.6 is 11.8 Å². The summed E-state index contributed by atoms with van der Waals surface area (Å²) in [6.07, 6.45) is 2.67. The summed E-state index contributed by atoms with van der Waals surface area (Å²) in [4.78, 5) is 10.1. The summed E-state index contributed by atoms with van der Waals surface area (Å²) < 4.78 is 26.7. The lowest BCUT2D eigenvalue weighted by atomic mass is 10.3. The summed E-state index contributed by atoms with van der Waals surface area (Å²) in [6, 6.07) is 3.62. The van der Waals surface area contributed by atoms with Crippen LogP contribution in [0.15, 0.2) is 23.1 Å². The molecule has 0 aliphatic carbocycles. The molecule has 1 aromatic carbocycles. The van der Waals surface area contributed by atoms with Crippen molar-refractivity contribution in [2.24, 2.45) is 0 Å². The number of hydrogen-bond donors (Lipinski definition) is 2. The molecule has 1 rings (SSSR count). The molecule has 0 fully saturated rings. The number of sulfonamides is 1. The standard InChI is InChI=1S/C11H17N3O4S2/c1-12-10-8-9(14(15)16)4-5-11(10)20(17,18)13-6-3-7-19-2/h4-5,8,12-13H,3,6-7H2,1-2H3. The molecule has 0 spiro atoms. The van der Waals surface area contributed by atoms with Crippen LogP contribution in [0.1, 0.15) is 6.42 Å². The van der Waals surface area contributed by atoms with E-state index in [2.05, 4.69) is 10.0 Å². The Labute approximate surface area is 122 Å². The highest BCUT2D eigenvalue weighted by Gasteiger charge is 2.20. The normalized spacial score (nSPS) is 11.3. The zero-order valence-corrected chi connectivity index (χ0v) is 12.9. The van der Waals surface area contributed by atoms with Crippen LogP contribution < -0.4 is 10.0 Å². The van der Waals surface area contributed by atoms with Crippen LogP contribution in [-0.4, -0.2) is 38.9 Å². The fourth-order valence-electron chi connectivity index (χ4n) is 1.56. The molecule has 0 saturated heterocycles. The van der Waals surface area contributed by atoms with Crippen LogP contribution in [0.4, 0.5) is 11.4 Å². The molecule has 0 aliphatic heterocycles. The summed E-state index contributed by atoms with van der Waals surface area (Å²) in [5.74, 6) is 0.863. The maximum absolute atomic E-state index is 12.1. The molecule has 7 nitrogen and oxygen atoms in total. The molecule has 0 aliphatic rings. The topological polar surface area (TPSA) is 101 Å². The summed E-state index contributed by atoms with van der Waals surface area (Å²) in [5.41, 5.74) is 0.0484. The summed E-state index contributed by atoms with van der Waals surface area (Å²) in [5, 5.41) is 13.4. The molecule has 9 heteroatoms. The van der Waals surface area contributed by atoms with Crippen molar-refractivity contribution in [3.05, 3.63) is 28.3 Å². The first-order valence-corrected chi connectivity index (χ1v) is 8.75. The fourth-order valence-corrected chi connectivity index (χ4v) is 3.26. The number of hydrogen-bond acceptors (Lipinski definition) is 6. The lowest BCUT2D eigenvalue weighted by Crippen LogP contribution is -2.26. The summed E-state index contributed by atoms with van der Waals surface area (Å²) in [7, 11) is -2.15. The number of nitro groups is 1. The summed E-state index contributed by atoms with van der Waals surface area (Å²) in [6.45, 7) is 0.337. The van der Waals surface area contributed by atoms with Gasteiger partial charge >= 0.3 is 0 Å². The minimum atomic E-state index is -3.67. The van der Waals surface area contributed by atoms with Crippen molar-refractivity contribution in [3.63, 3.8) is 0 Å². The number of benzene rings is 1. The van der Waals surface area contributed by atoms with Gasteiger partial charge in [0.1, 0.15) is 4.90 Å². The molecule has 0 bridgehead atoms. The number of thioether (sulfide) groups is 1. The lowest BCUT2D eigenvalue weighted by Gasteiger charge is -2.11. The number of anilines is 1. The van der Waals surface area contributed by atoms with Gasteiger partial charge in [0.2, 0.25) is 10.0 Å². The zero-order chi connectivity index (χ0) is 15.2. The van der Waals surface area contributed by atoms with Crippen molar-refractivity contribution >= 4 is 33.2 Å². The van der Waals surface area contributed by atoms with Crippen LogP contribution in [0.25, 0.3) is 0 Å². The van der Waals surface area contributed by atoms with Gasteiger partial charge in [-0.25, -0.2) is 13.1 Å². The quantitative estimate of drug-likeness (QED) is 0.429. The third kappa shape index (κ3) is 4.36. The lowest BCUT2D eigenvalue weighted by molar-refractivity contribution is -0.384. The van der Waals surface area contributed by atoms with Crippen molar-refractivity contribution in [3.8, 4) is 0 Å². The van der Waals surface area contributed by atoms with Crippen LogP contribution in [0.5, 0.6) is 0 Å². The molecule has 0 heterocycles. The largest absolute Gasteiger partial charge is 0.387 e. The minimum Gasteiger partial charge on any atom is -0.387 e. The Kier molecular flexibility index (Phi) is 6.24. The highest BCUT2D eigenvalue weighted by molar-refractivity contribution is 7.98. The van der Waals surface area contributed by atoms with E-state index in [0.717, 1.165) is 12.2 Å². The Bertz CT molecular complexity index is 575. The highest BCUT2D eigenvalue weighted by Crippen LogP contribution is 2.25. The monoisotopic (exact) mass is 319 g/mol. The van der Waals surface area contributed by atoms with E-state index < -0.39 is 14.9 Å². The van der Waals surface area contributed by atoms with Crippen LogP contribution in [0, 0.1) is 10.1 Å². The van der Waals surface area contributed by atoms with Gasteiger partial charge in [0.05, 0.1) is 10.6 Å². The van der Waals surface area contributed by atoms with Gasteiger partial charge in [-0.1, -0.05) is 0 Å². The maximum Gasteiger partial charge on any atom is 0.271 e.